The van der Waals surface area contributed by atoms with Crippen molar-refractivity contribution in [2.24, 2.45) is 0 Å². The molecule has 4 rings (SSSR count). The molecule has 0 saturated heterocycles. The Morgan fingerprint density at radius 2 is 1.58 bits per heavy atom. The third-order valence-corrected chi connectivity index (χ3v) is 5.75. The van der Waals surface area contributed by atoms with E-state index >= 15 is 0 Å². The van der Waals surface area contributed by atoms with E-state index in [0.717, 1.165) is 30.0 Å². The summed E-state index contributed by atoms with van der Waals surface area (Å²) >= 11 is 0. The minimum absolute atomic E-state index is 0.0455. The van der Waals surface area contributed by atoms with Gasteiger partial charge in [0.1, 0.15) is 16.9 Å². The number of hydrogen-bond donors (Lipinski definition) is 2. The number of ether oxygens (including phenoxy) is 1. The quantitative estimate of drug-likeness (QED) is 0.396. The van der Waals surface area contributed by atoms with Crippen LogP contribution in [0, 0.1) is 0 Å². The topological polar surface area (TPSA) is 70.0 Å². The third-order valence-electron chi connectivity index (χ3n) is 5.75. The first kappa shape index (κ1) is 23.1. The maximum atomic E-state index is 13.7. The summed E-state index contributed by atoms with van der Waals surface area (Å²) in [5.41, 5.74) is 2.92. The Bertz CT molecular complexity index is 1260. The van der Waals surface area contributed by atoms with Crippen molar-refractivity contribution >= 4 is 39.4 Å². The summed E-state index contributed by atoms with van der Waals surface area (Å²) in [6.45, 7) is 7.08. The van der Waals surface area contributed by atoms with Gasteiger partial charge in [-0.1, -0.05) is 12.1 Å². The zero-order chi connectivity index (χ0) is 23.8. The van der Waals surface area contributed by atoms with Crippen LogP contribution in [0.1, 0.15) is 19.4 Å². The average molecular weight is 451 g/mol. The van der Waals surface area contributed by atoms with Crippen molar-refractivity contribution in [1.29, 1.82) is 0 Å². The first-order chi connectivity index (χ1) is 15.7. The van der Waals surface area contributed by atoms with Gasteiger partial charge in [0.05, 0.1) is 16.5 Å². The fourth-order valence-corrected chi connectivity index (χ4v) is 4.03. The molecule has 0 aliphatic carbocycles. The zero-order valence-corrected chi connectivity index (χ0v) is 20.4. The van der Waals surface area contributed by atoms with Gasteiger partial charge in [-0.25, -0.2) is 0 Å². The minimum atomic E-state index is -0.475. The summed E-state index contributed by atoms with van der Waals surface area (Å²) in [4.78, 5) is 18.0. The molecule has 1 aliphatic heterocycles. The van der Waals surface area contributed by atoms with E-state index in [4.69, 9.17) is 9.15 Å². The molecule has 0 saturated carbocycles. The highest BCUT2D eigenvalue weighted by Gasteiger charge is 2.30. The molecule has 2 aromatic carbocycles. The van der Waals surface area contributed by atoms with Gasteiger partial charge in [-0.3, -0.25) is 4.79 Å². The number of likely N-dealkylation sites (N-methyl/N-ethyl adjacent to an activating group) is 2. The molecular formula is C26H34N4O3. The first-order valence-corrected chi connectivity index (χ1v) is 11.4. The fraction of sp³-hybridized carbons (Fsp3) is 0.423. The van der Waals surface area contributed by atoms with E-state index in [2.05, 4.69) is 26.5 Å². The van der Waals surface area contributed by atoms with Crippen molar-refractivity contribution in [3.05, 3.63) is 46.1 Å². The molecule has 3 aromatic rings. The van der Waals surface area contributed by atoms with E-state index in [1.807, 2.05) is 72.4 Å². The highest BCUT2D eigenvalue weighted by Crippen LogP contribution is 2.47. The van der Waals surface area contributed by atoms with Crippen molar-refractivity contribution in [1.82, 2.24) is 9.80 Å². The maximum absolute atomic E-state index is 13.7. The van der Waals surface area contributed by atoms with Gasteiger partial charge in [0.15, 0.2) is 11.3 Å². The molecule has 0 unspecified atom stereocenters. The van der Waals surface area contributed by atoms with E-state index in [1.165, 1.54) is 0 Å². The predicted octanol–water partition coefficient (Wildman–Crippen LogP) is 4.08. The van der Waals surface area contributed by atoms with Crippen molar-refractivity contribution in [3.63, 3.8) is 0 Å². The van der Waals surface area contributed by atoms with Crippen LogP contribution in [0.2, 0.25) is 0 Å². The molecule has 7 nitrogen and oxygen atoms in total. The maximum Gasteiger partial charge on any atom is 0.202 e. The summed E-state index contributed by atoms with van der Waals surface area (Å²) in [5, 5.41) is 8.14. The number of anilines is 2. The van der Waals surface area contributed by atoms with Gasteiger partial charge in [0, 0.05) is 31.7 Å². The summed E-state index contributed by atoms with van der Waals surface area (Å²) in [5.74, 6) is 0.708. The Balaban J connectivity index is 2.01. The molecule has 1 aliphatic rings. The molecule has 0 bridgehead atoms. The normalized spacial score (nSPS) is 14.7. The Hall–Kier alpha value is -3.03. The summed E-state index contributed by atoms with van der Waals surface area (Å²) in [7, 11) is 8.12. The number of benzene rings is 2. The van der Waals surface area contributed by atoms with E-state index in [1.54, 1.807) is 0 Å². The minimum Gasteiger partial charge on any atom is -0.481 e. The SMILES string of the molecule is CN(C)CCNc1c2c(c(NCCN(C)C)c3c(=O)c4ccccc4oc13)C=CC(C)(C)O2. The van der Waals surface area contributed by atoms with Crippen LogP contribution >= 0.6 is 0 Å². The van der Waals surface area contributed by atoms with Gasteiger partial charge in [0.2, 0.25) is 5.43 Å². The lowest BCUT2D eigenvalue weighted by Gasteiger charge is -2.31. The molecule has 0 atom stereocenters. The Labute approximate surface area is 195 Å². The molecule has 176 valence electrons. The van der Waals surface area contributed by atoms with Gasteiger partial charge >= 0.3 is 0 Å². The number of hydrogen-bond acceptors (Lipinski definition) is 7. The van der Waals surface area contributed by atoms with Crippen LogP contribution in [0.4, 0.5) is 11.4 Å². The number of fused-ring (bicyclic) bond motifs is 3. The van der Waals surface area contributed by atoms with Gasteiger partial charge in [0.25, 0.3) is 0 Å². The van der Waals surface area contributed by atoms with Gasteiger partial charge in [-0.2, -0.15) is 0 Å². The molecule has 0 fully saturated rings. The lowest BCUT2D eigenvalue weighted by Crippen LogP contribution is -2.30. The monoisotopic (exact) mass is 450 g/mol. The average Bonchev–Trinajstić information content (AvgIpc) is 2.74. The second kappa shape index (κ2) is 9.08. The number of para-hydroxylation sites is 1. The first-order valence-electron chi connectivity index (χ1n) is 11.4. The lowest BCUT2D eigenvalue weighted by atomic mass is 9.96. The molecule has 0 amide bonds. The van der Waals surface area contributed by atoms with Gasteiger partial charge in [-0.15, -0.1) is 0 Å². The highest BCUT2D eigenvalue weighted by atomic mass is 16.5. The smallest absolute Gasteiger partial charge is 0.202 e. The number of rotatable bonds is 8. The summed E-state index contributed by atoms with van der Waals surface area (Å²) in [6, 6.07) is 7.40. The van der Waals surface area contributed by atoms with Crippen LogP contribution in [0.25, 0.3) is 28.0 Å². The largest absolute Gasteiger partial charge is 0.481 e. The van der Waals surface area contributed by atoms with Crippen LogP contribution in [-0.2, 0) is 0 Å². The molecule has 0 spiro atoms. The van der Waals surface area contributed by atoms with Crippen molar-refractivity contribution in [2.75, 3.05) is 65.0 Å². The number of nitrogens with zero attached hydrogens (tertiary/aromatic N) is 2. The van der Waals surface area contributed by atoms with E-state index in [9.17, 15) is 4.79 Å². The zero-order valence-electron chi connectivity index (χ0n) is 20.4. The van der Waals surface area contributed by atoms with Gasteiger partial charge in [-0.05, 0) is 66.3 Å². The third kappa shape index (κ3) is 4.70. The molecular weight excluding hydrogens is 416 g/mol. The van der Waals surface area contributed by atoms with Crippen LogP contribution in [0.3, 0.4) is 0 Å². The van der Waals surface area contributed by atoms with E-state index < -0.39 is 5.60 Å². The second-order valence-corrected chi connectivity index (χ2v) is 9.62. The fourth-order valence-electron chi connectivity index (χ4n) is 4.03. The molecule has 2 N–H and O–H groups in total. The Morgan fingerprint density at radius 3 is 2.24 bits per heavy atom. The highest BCUT2D eigenvalue weighted by molar-refractivity contribution is 6.08. The Morgan fingerprint density at radius 1 is 0.939 bits per heavy atom. The van der Waals surface area contributed by atoms with Crippen molar-refractivity contribution < 1.29 is 9.15 Å². The summed E-state index contributed by atoms with van der Waals surface area (Å²) in [6.07, 6.45) is 4.09. The van der Waals surface area contributed by atoms with E-state index in [-0.39, 0.29) is 5.43 Å². The van der Waals surface area contributed by atoms with E-state index in [0.29, 0.717) is 40.8 Å². The van der Waals surface area contributed by atoms with Crippen molar-refractivity contribution in [3.8, 4) is 5.75 Å². The van der Waals surface area contributed by atoms with Crippen LogP contribution in [0.5, 0.6) is 5.75 Å². The Kier molecular flexibility index (Phi) is 6.36. The van der Waals surface area contributed by atoms with Crippen LogP contribution < -0.4 is 20.8 Å². The molecule has 33 heavy (non-hydrogen) atoms. The van der Waals surface area contributed by atoms with Crippen LogP contribution in [0.15, 0.2) is 39.6 Å². The summed E-state index contributed by atoms with van der Waals surface area (Å²) < 4.78 is 12.8. The standard InChI is InChI=1S/C26H34N4O3/c1-26(2)12-11-18-21(27-13-15-29(3)4)20-23(31)17-9-7-8-10-19(17)32-25(20)22(24(18)33-26)28-14-16-30(5)6/h7-12,27-28H,13-16H2,1-6H3. The predicted molar refractivity (Wildman–Crippen MR) is 138 cm³/mol. The molecule has 1 aromatic heterocycles. The lowest BCUT2D eigenvalue weighted by molar-refractivity contribution is 0.160. The number of nitrogens with one attached hydrogen (secondary N) is 2. The van der Waals surface area contributed by atoms with Crippen molar-refractivity contribution in [2.45, 2.75) is 19.4 Å². The van der Waals surface area contributed by atoms with Gasteiger partial charge < -0.3 is 29.6 Å². The molecule has 7 heteroatoms. The molecule has 2 heterocycles. The molecule has 0 radical (unpaired) electrons. The van der Waals surface area contributed by atoms with Crippen LogP contribution in [-0.4, -0.2) is 69.8 Å². The second-order valence-electron chi connectivity index (χ2n) is 9.62.